The van der Waals surface area contributed by atoms with Gasteiger partial charge in [0.2, 0.25) is 0 Å². The van der Waals surface area contributed by atoms with Gasteiger partial charge < -0.3 is 10.2 Å². The van der Waals surface area contributed by atoms with Crippen molar-refractivity contribution < 1.29 is 0 Å². The summed E-state index contributed by atoms with van der Waals surface area (Å²) in [4.78, 5) is 6.63. The van der Waals surface area contributed by atoms with Crippen LogP contribution in [0, 0.1) is 0 Å². The van der Waals surface area contributed by atoms with Crippen molar-refractivity contribution in [3.8, 4) is 0 Å². The second kappa shape index (κ2) is 4.85. The summed E-state index contributed by atoms with van der Waals surface area (Å²) in [5.41, 5.74) is 2.22. The molecule has 0 bridgehead atoms. The van der Waals surface area contributed by atoms with E-state index in [9.17, 15) is 0 Å². The first kappa shape index (κ1) is 11.4. The van der Waals surface area contributed by atoms with Crippen LogP contribution in [0.1, 0.15) is 11.1 Å². The lowest BCUT2D eigenvalue weighted by Crippen LogP contribution is -2.23. The summed E-state index contributed by atoms with van der Waals surface area (Å²) >= 11 is 6.22. The zero-order chi connectivity index (χ0) is 11.5. The van der Waals surface area contributed by atoms with Crippen molar-refractivity contribution in [2.24, 2.45) is 4.99 Å². The van der Waals surface area contributed by atoms with Gasteiger partial charge in [0.15, 0.2) is 0 Å². The fraction of sp³-hybridized carbons (Fsp3) is 0.417. The zero-order valence-electron chi connectivity index (χ0n) is 9.63. The van der Waals surface area contributed by atoms with Crippen LogP contribution in [0.3, 0.4) is 0 Å². The number of amidine groups is 1. The lowest BCUT2D eigenvalue weighted by molar-refractivity contribution is 0.557. The molecule has 0 saturated carbocycles. The molecule has 0 aliphatic carbocycles. The van der Waals surface area contributed by atoms with E-state index in [0.29, 0.717) is 0 Å². The molecule has 0 spiro atoms. The Morgan fingerprint density at radius 1 is 1.50 bits per heavy atom. The van der Waals surface area contributed by atoms with Gasteiger partial charge in [-0.1, -0.05) is 23.7 Å². The van der Waals surface area contributed by atoms with Crippen LogP contribution in [0.5, 0.6) is 0 Å². The third kappa shape index (κ3) is 2.20. The van der Waals surface area contributed by atoms with Crippen molar-refractivity contribution in [3.05, 3.63) is 34.3 Å². The van der Waals surface area contributed by atoms with Crippen LogP contribution in [-0.2, 0) is 6.54 Å². The molecule has 0 radical (unpaired) electrons. The van der Waals surface area contributed by atoms with Crippen LogP contribution in [0.4, 0.5) is 0 Å². The molecule has 2 rings (SSSR count). The van der Waals surface area contributed by atoms with Crippen LogP contribution < -0.4 is 5.32 Å². The van der Waals surface area contributed by atoms with Crippen molar-refractivity contribution in [1.29, 1.82) is 0 Å². The number of hydrogen-bond donors (Lipinski definition) is 1. The molecule has 4 heteroatoms. The first-order valence-corrected chi connectivity index (χ1v) is 5.79. The molecule has 0 unspecified atom stereocenters. The summed E-state index contributed by atoms with van der Waals surface area (Å²) in [7, 11) is 3.97. The second-order valence-corrected chi connectivity index (χ2v) is 4.37. The van der Waals surface area contributed by atoms with Crippen molar-refractivity contribution in [2.45, 2.75) is 6.54 Å². The molecule has 1 aliphatic rings. The standard InChI is InChI=1S/C12H16ClN3/c1-14-8-10-4-3-9(7-11(10)13)12-15-5-6-16(12)2/h3-4,7,14H,5-6,8H2,1-2H3. The molecule has 0 fully saturated rings. The summed E-state index contributed by atoms with van der Waals surface area (Å²) in [6.07, 6.45) is 0. The maximum Gasteiger partial charge on any atom is 0.130 e. The van der Waals surface area contributed by atoms with Gasteiger partial charge in [-0.05, 0) is 18.7 Å². The van der Waals surface area contributed by atoms with Gasteiger partial charge >= 0.3 is 0 Å². The lowest BCUT2D eigenvalue weighted by atomic mass is 10.1. The molecule has 0 amide bonds. The molecule has 1 aromatic rings. The molecule has 0 saturated heterocycles. The van der Waals surface area contributed by atoms with Gasteiger partial charge in [-0.2, -0.15) is 0 Å². The van der Waals surface area contributed by atoms with Gasteiger partial charge in [0.05, 0.1) is 6.54 Å². The van der Waals surface area contributed by atoms with Crippen LogP contribution in [0.25, 0.3) is 0 Å². The van der Waals surface area contributed by atoms with Gasteiger partial charge in [0.25, 0.3) is 0 Å². The highest BCUT2D eigenvalue weighted by molar-refractivity contribution is 6.31. The Balaban J connectivity index is 2.27. The summed E-state index contributed by atoms with van der Waals surface area (Å²) in [6.45, 7) is 2.66. The van der Waals surface area contributed by atoms with Crippen molar-refractivity contribution >= 4 is 17.4 Å². The van der Waals surface area contributed by atoms with E-state index in [2.05, 4.69) is 34.4 Å². The predicted molar refractivity (Wildman–Crippen MR) is 68.2 cm³/mol. The number of nitrogens with zero attached hydrogens (tertiary/aromatic N) is 2. The summed E-state index contributed by atoms with van der Waals surface area (Å²) in [5, 5.41) is 3.90. The Morgan fingerprint density at radius 3 is 2.88 bits per heavy atom. The van der Waals surface area contributed by atoms with Gasteiger partial charge in [-0.3, -0.25) is 4.99 Å². The average Bonchev–Trinajstić information content (AvgIpc) is 2.68. The summed E-state index contributed by atoms with van der Waals surface area (Å²) in [5.74, 6) is 1.04. The molecule has 86 valence electrons. The van der Waals surface area contributed by atoms with E-state index in [0.717, 1.165) is 41.6 Å². The number of hydrogen-bond acceptors (Lipinski definition) is 3. The average molecular weight is 238 g/mol. The maximum absolute atomic E-state index is 6.22. The van der Waals surface area contributed by atoms with E-state index in [1.54, 1.807) is 0 Å². The smallest absolute Gasteiger partial charge is 0.130 e. The molecule has 0 atom stereocenters. The number of nitrogens with one attached hydrogen (secondary N) is 1. The van der Waals surface area contributed by atoms with E-state index in [-0.39, 0.29) is 0 Å². The van der Waals surface area contributed by atoms with Crippen molar-refractivity contribution in [2.75, 3.05) is 27.2 Å². The van der Waals surface area contributed by atoms with E-state index >= 15 is 0 Å². The first-order valence-electron chi connectivity index (χ1n) is 5.41. The van der Waals surface area contributed by atoms with Crippen LogP contribution in [0.2, 0.25) is 5.02 Å². The largest absolute Gasteiger partial charge is 0.358 e. The fourth-order valence-corrected chi connectivity index (χ4v) is 2.11. The van der Waals surface area contributed by atoms with E-state index in [4.69, 9.17) is 11.6 Å². The number of aliphatic imine (C=N–C) groups is 1. The summed E-state index contributed by atoms with van der Waals surface area (Å²) in [6, 6.07) is 6.14. The Hall–Kier alpha value is -1.06. The van der Waals surface area contributed by atoms with Crippen LogP contribution in [-0.4, -0.2) is 37.9 Å². The third-order valence-electron chi connectivity index (χ3n) is 2.74. The SMILES string of the molecule is CNCc1ccc(C2=NCCN2C)cc1Cl. The number of rotatable bonds is 3. The van der Waals surface area contributed by atoms with Gasteiger partial charge in [0.1, 0.15) is 5.84 Å². The molecular weight excluding hydrogens is 222 g/mol. The van der Waals surface area contributed by atoms with Gasteiger partial charge in [-0.15, -0.1) is 0 Å². The number of likely N-dealkylation sites (N-methyl/N-ethyl adjacent to an activating group) is 1. The molecule has 1 aliphatic heterocycles. The Bertz CT molecular complexity index is 415. The zero-order valence-corrected chi connectivity index (χ0v) is 10.4. The Morgan fingerprint density at radius 2 is 2.31 bits per heavy atom. The second-order valence-electron chi connectivity index (χ2n) is 3.96. The van der Waals surface area contributed by atoms with Crippen LogP contribution >= 0.6 is 11.6 Å². The number of benzene rings is 1. The topological polar surface area (TPSA) is 27.6 Å². The number of halogens is 1. The Kier molecular flexibility index (Phi) is 3.46. The minimum Gasteiger partial charge on any atom is -0.358 e. The highest BCUT2D eigenvalue weighted by Gasteiger charge is 2.15. The lowest BCUT2D eigenvalue weighted by Gasteiger charge is -2.14. The molecular formula is C12H16ClN3. The van der Waals surface area contributed by atoms with Gasteiger partial charge in [-0.25, -0.2) is 0 Å². The van der Waals surface area contributed by atoms with E-state index in [1.165, 1.54) is 0 Å². The normalized spacial score (nSPS) is 15.4. The molecule has 3 nitrogen and oxygen atoms in total. The Labute approximate surface area is 101 Å². The van der Waals surface area contributed by atoms with Crippen molar-refractivity contribution in [3.63, 3.8) is 0 Å². The molecule has 16 heavy (non-hydrogen) atoms. The quantitative estimate of drug-likeness (QED) is 0.868. The fourth-order valence-electron chi connectivity index (χ4n) is 1.86. The van der Waals surface area contributed by atoms with E-state index < -0.39 is 0 Å². The van der Waals surface area contributed by atoms with Crippen molar-refractivity contribution in [1.82, 2.24) is 10.2 Å². The third-order valence-corrected chi connectivity index (χ3v) is 3.09. The molecule has 1 N–H and O–H groups in total. The van der Waals surface area contributed by atoms with Gasteiger partial charge in [0, 0.05) is 30.7 Å². The summed E-state index contributed by atoms with van der Waals surface area (Å²) < 4.78 is 0. The monoisotopic (exact) mass is 237 g/mol. The predicted octanol–water partition coefficient (Wildman–Crippen LogP) is 1.75. The maximum atomic E-state index is 6.22. The first-order chi connectivity index (χ1) is 7.72. The molecule has 1 aromatic carbocycles. The molecule has 0 aromatic heterocycles. The molecule has 1 heterocycles. The minimum absolute atomic E-state index is 0.793. The minimum atomic E-state index is 0.793. The van der Waals surface area contributed by atoms with E-state index in [1.807, 2.05) is 13.1 Å². The highest BCUT2D eigenvalue weighted by Crippen LogP contribution is 2.20. The van der Waals surface area contributed by atoms with Crippen LogP contribution in [0.15, 0.2) is 23.2 Å². The highest BCUT2D eigenvalue weighted by atomic mass is 35.5.